The number of aliphatic carboxylic acids is 1. The smallest absolute Gasteiger partial charge is 0.326 e. The van der Waals surface area contributed by atoms with E-state index in [2.05, 4.69) is 71.8 Å². The summed E-state index contributed by atoms with van der Waals surface area (Å²) in [7, 11) is 0. The van der Waals surface area contributed by atoms with Crippen molar-refractivity contribution >= 4 is 23.2 Å². The van der Waals surface area contributed by atoms with Crippen LogP contribution in [0.4, 0.5) is 0 Å². The first kappa shape index (κ1) is 28.7. The number of hydrogen-bond donors (Lipinski definition) is 4. The van der Waals surface area contributed by atoms with Crippen LogP contribution in [0.5, 0.6) is 0 Å². The van der Waals surface area contributed by atoms with Crippen LogP contribution in [0.2, 0.25) is 0 Å². The quantitative estimate of drug-likeness (QED) is 0.173. The number of rotatable bonds is 11. The molecule has 0 spiro atoms. The standard InChI is InChI=1S/C23H19NO.C8H15N3O3/c1-17-7-6-14-24(23(17)25)16-21-10-4-5-11-22(21)20-13-12-18-8-2-3-9-19(18)15-20;1-6(9)10-4-2-3-7(8(13)14)11-5-12/h2-15H,16H2,1H3;5,7,10H,1-4,9H2,(H,11,12)(H,13,14). The summed E-state index contributed by atoms with van der Waals surface area (Å²) in [6, 6.07) is 26.1. The number of aromatic nitrogens is 1. The van der Waals surface area contributed by atoms with Gasteiger partial charge in [0.25, 0.3) is 5.56 Å². The molecule has 1 amide bonds. The number of carbonyl (C=O) groups excluding carboxylic acids is 1. The van der Waals surface area contributed by atoms with E-state index in [1.807, 2.05) is 37.4 Å². The zero-order chi connectivity index (χ0) is 28.2. The average Bonchev–Trinajstić information content (AvgIpc) is 2.93. The van der Waals surface area contributed by atoms with Crippen LogP contribution in [-0.4, -0.2) is 34.6 Å². The van der Waals surface area contributed by atoms with Crippen LogP contribution < -0.4 is 21.9 Å². The first-order chi connectivity index (χ1) is 18.8. The Morgan fingerprint density at radius 1 is 1.05 bits per heavy atom. The average molecular weight is 527 g/mol. The number of pyridine rings is 1. The van der Waals surface area contributed by atoms with E-state index in [1.165, 1.54) is 21.9 Å². The molecule has 0 aliphatic heterocycles. The van der Waals surface area contributed by atoms with Gasteiger partial charge in [-0.25, -0.2) is 4.79 Å². The Labute approximate surface area is 227 Å². The summed E-state index contributed by atoms with van der Waals surface area (Å²) in [6.07, 6.45) is 3.18. The molecule has 1 heterocycles. The molecular weight excluding hydrogens is 492 g/mol. The maximum absolute atomic E-state index is 12.4. The van der Waals surface area contributed by atoms with E-state index in [0.29, 0.717) is 38.2 Å². The molecule has 202 valence electrons. The minimum Gasteiger partial charge on any atom is -0.480 e. The van der Waals surface area contributed by atoms with E-state index in [4.69, 9.17) is 10.8 Å². The van der Waals surface area contributed by atoms with E-state index in [9.17, 15) is 14.4 Å². The molecule has 0 aliphatic carbocycles. The van der Waals surface area contributed by atoms with E-state index in [1.54, 1.807) is 4.57 Å². The summed E-state index contributed by atoms with van der Waals surface area (Å²) < 4.78 is 1.77. The molecule has 0 aliphatic rings. The minimum absolute atomic E-state index is 0.0656. The summed E-state index contributed by atoms with van der Waals surface area (Å²) in [4.78, 5) is 32.9. The first-order valence-corrected chi connectivity index (χ1v) is 12.6. The number of carboxylic acid groups (broad SMARTS) is 1. The second kappa shape index (κ2) is 14.2. The maximum atomic E-state index is 12.4. The highest BCUT2D eigenvalue weighted by atomic mass is 16.4. The van der Waals surface area contributed by atoms with Gasteiger partial charge in [-0.3, -0.25) is 9.59 Å². The summed E-state index contributed by atoms with van der Waals surface area (Å²) in [5, 5.41) is 16.1. The molecule has 5 N–H and O–H groups in total. The van der Waals surface area contributed by atoms with Gasteiger partial charge in [-0.15, -0.1) is 0 Å². The molecule has 0 radical (unpaired) electrons. The number of nitrogens with one attached hydrogen (secondary N) is 2. The number of amides is 1. The van der Waals surface area contributed by atoms with Gasteiger partial charge in [-0.1, -0.05) is 73.3 Å². The Balaban J connectivity index is 0.000000258. The second-order valence-corrected chi connectivity index (χ2v) is 9.11. The van der Waals surface area contributed by atoms with Crippen molar-refractivity contribution in [2.45, 2.75) is 32.4 Å². The van der Waals surface area contributed by atoms with E-state index in [0.717, 1.165) is 11.1 Å². The first-order valence-electron chi connectivity index (χ1n) is 12.6. The normalized spacial score (nSPS) is 11.1. The number of carboxylic acids is 1. The Kier molecular flexibility index (Phi) is 10.4. The summed E-state index contributed by atoms with van der Waals surface area (Å²) >= 11 is 0. The van der Waals surface area contributed by atoms with Crippen molar-refractivity contribution in [2.75, 3.05) is 6.54 Å². The van der Waals surface area contributed by atoms with Gasteiger partial charge >= 0.3 is 5.97 Å². The van der Waals surface area contributed by atoms with Gasteiger partial charge in [-0.2, -0.15) is 0 Å². The fourth-order valence-corrected chi connectivity index (χ4v) is 4.18. The molecule has 0 saturated carbocycles. The fraction of sp³-hybridized carbons (Fsp3) is 0.194. The summed E-state index contributed by atoms with van der Waals surface area (Å²) in [5.41, 5.74) is 9.56. The Hall–Kier alpha value is -4.85. The molecular formula is C31H34N4O4. The van der Waals surface area contributed by atoms with Crippen molar-refractivity contribution < 1.29 is 14.7 Å². The molecule has 0 saturated heterocycles. The minimum atomic E-state index is -1.04. The third-order valence-corrected chi connectivity index (χ3v) is 6.22. The molecule has 39 heavy (non-hydrogen) atoms. The van der Waals surface area contributed by atoms with Gasteiger partial charge in [0, 0.05) is 18.3 Å². The van der Waals surface area contributed by atoms with Crippen molar-refractivity contribution in [1.29, 1.82) is 0 Å². The van der Waals surface area contributed by atoms with Gasteiger partial charge in [-0.05, 0) is 59.4 Å². The number of nitrogens with two attached hydrogens (primary N) is 1. The van der Waals surface area contributed by atoms with Crippen LogP contribution in [0.15, 0.2) is 102 Å². The van der Waals surface area contributed by atoms with Gasteiger partial charge in [0.2, 0.25) is 6.41 Å². The predicted octanol–water partition coefficient (Wildman–Crippen LogP) is 4.01. The monoisotopic (exact) mass is 526 g/mol. The van der Waals surface area contributed by atoms with Gasteiger partial charge in [0.15, 0.2) is 0 Å². The van der Waals surface area contributed by atoms with Crippen LogP contribution in [0, 0.1) is 6.92 Å². The van der Waals surface area contributed by atoms with Crippen LogP contribution in [0.25, 0.3) is 21.9 Å². The zero-order valence-corrected chi connectivity index (χ0v) is 22.0. The van der Waals surface area contributed by atoms with E-state index >= 15 is 0 Å². The number of hydrogen-bond acceptors (Lipinski definition) is 5. The molecule has 8 nitrogen and oxygen atoms in total. The maximum Gasteiger partial charge on any atom is 0.326 e. The third-order valence-electron chi connectivity index (χ3n) is 6.22. The number of nitrogens with zero attached hydrogens (tertiary/aromatic N) is 1. The Morgan fingerprint density at radius 3 is 2.49 bits per heavy atom. The van der Waals surface area contributed by atoms with Crippen molar-refractivity contribution in [1.82, 2.24) is 15.2 Å². The Bertz CT molecular complexity index is 1500. The molecule has 1 unspecified atom stereocenters. The van der Waals surface area contributed by atoms with Crippen molar-refractivity contribution in [2.24, 2.45) is 5.73 Å². The SMILES string of the molecule is C=C(N)NCCCC(NC=O)C(=O)O.Cc1cccn(Cc2ccccc2-c2ccc3ccccc3c2)c1=O. The number of benzene rings is 3. The third kappa shape index (κ3) is 8.33. The van der Waals surface area contributed by atoms with Crippen molar-refractivity contribution in [3.05, 3.63) is 119 Å². The highest BCUT2D eigenvalue weighted by molar-refractivity contribution is 5.87. The zero-order valence-electron chi connectivity index (χ0n) is 22.0. The van der Waals surface area contributed by atoms with Gasteiger partial charge in [0.1, 0.15) is 6.04 Å². The van der Waals surface area contributed by atoms with Crippen molar-refractivity contribution in [3.63, 3.8) is 0 Å². The van der Waals surface area contributed by atoms with E-state index in [-0.39, 0.29) is 5.56 Å². The lowest BCUT2D eigenvalue weighted by Crippen LogP contribution is -2.36. The lowest BCUT2D eigenvalue weighted by atomic mass is 9.97. The molecule has 1 aromatic heterocycles. The predicted molar refractivity (Wildman–Crippen MR) is 155 cm³/mol. The van der Waals surface area contributed by atoms with Crippen LogP contribution in [0.1, 0.15) is 24.0 Å². The summed E-state index contributed by atoms with van der Waals surface area (Å²) in [6.45, 7) is 6.39. The fourth-order valence-electron chi connectivity index (χ4n) is 4.18. The lowest BCUT2D eigenvalue weighted by Gasteiger charge is -2.13. The number of fused-ring (bicyclic) bond motifs is 1. The van der Waals surface area contributed by atoms with E-state index < -0.39 is 12.0 Å². The Morgan fingerprint density at radius 2 is 1.77 bits per heavy atom. The molecule has 4 rings (SSSR count). The number of aryl methyl sites for hydroxylation is 1. The van der Waals surface area contributed by atoms with Crippen LogP contribution in [-0.2, 0) is 16.1 Å². The molecule has 4 aromatic rings. The highest BCUT2D eigenvalue weighted by Gasteiger charge is 2.14. The van der Waals surface area contributed by atoms with Gasteiger partial charge in [0.05, 0.1) is 12.4 Å². The molecule has 0 bridgehead atoms. The van der Waals surface area contributed by atoms with Gasteiger partial charge < -0.3 is 26.0 Å². The molecule has 8 heteroatoms. The largest absolute Gasteiger partial charge is 0.480 e. The highest BCUT2D eigenvalue weighted by Crippen LogP contribution is 2.27. The van der Waals surface area contributed by atoms with Crippen molar-refractivity contribution in [3.8, 4) is 11.1 Å². The lowest BCUT2D eigenvalue weighted by molar-refractivity contribution is -0.140. The topological polar surface area (TPSA) is 126 Å². The second-order valence-electron chi connectivity index (χ2n) is 9.11. The summed E-state index contributed by atoms with van der Waals surface area (Å²) in [5.74, 6) is -0.691. The molecule has 1 atom stereocenters. The molecule has 0 fully saturated rings. The van der Waals surface area contributed by atoms with Crippen LogP contribution >= 0.6 is 0 Å². The number of carbonyl (C=O) groups is 2. The molecule has 3 aromatic carbocycles. The van der Waals surface area contributed by atoms with Crippen LogP contribution in [0.3, 0.4) is 0 Å².